The first-order chi connectivity index (χ1) is 11.0. The van der Waals surface area contributed by atoms with Gasteiger partial charge in [0.05, 0.1) is 10.7 Å². The van der Waals surface area contributed by atoms with Crippen molar-refractivity contribution in [1.29, 1.82) is 0 Å². The lowest BCUT2D eigenvalue weighted by atomic mass is 10.1. The predicted octanol–water partition coefficient (Wildman–Crippen LogP) is 4.95. The fourth-order valence-electron chi connectivity index (χ4n) is 2.46. The van der Waals surface area contributed by atoms with Gasteiger partial charge in [0.1, 0.15) is 11.6 Å². The molecule has 0 spiro atoms. The molecule has 0 aliphatic heterocycles. The third-order valence-electron chi connectivity index (χ3n) is 3.65. The van der Waals surface area contributed by atoms with Gasteiger partial charge in [-0.3, -0.25) is 0 Å². The highest BCUT2D eigenvalue weighted by Gasteiger charge is 2.42. The predicted molar refractivity (Wildman–Crippen MR) is 86.1 cm³/mol. The summed E-state index contributed by atoms with van der Waals surface area (Å²) in [6.07, 6.45) is 0.481. The van der Waals surface area contributed by atoms with Crippen molar-refractivity contribution in [1.82, 2.24) is 5.32 Å². The lowest BCUT2D eigenvalue weighted by Gasteiger charge is -2.10. The normalized spacial score (nSPS) is 19.3. The van der Waals surface area contributed by atoms with Crippen LogP contribution in [0.25, 0.3) is 0 Å². The van der Waals surface area contributed by atoms with E-state index < -0.39 is 17.7 Å². The lowest BCUT2D eigenvalue weighted by molar-refractivity contribution is 0.251. The van der Waals surface area contributed by atoms with E-state index in [1.165, 1.54) is 24.3 Å². The molecule has 2 N–H and O–H groups in total. The van der Waals surface area contributed by atoms with Gasteiger partial charge in [0, 0.05) is 22.5 Å². The number of hydrogen-bond acceptors (Lipinski definition) is 1. The highest BCUT2D eigenvalue weighted by molar-refractivity contribution is 6.35. The zero-order valence-electron chi connectivity index (χ0n) is 11.7. The van der Waals surface area contributed by atoms with Crippen LogP contribution in [0.4, 0.5) is 19.3 Å². The Morgan fingerprint density at radius 3 is 2.52 bits per heavy atom. The van der Waals surface area contributed by atoms with E-state index in [2.05, 4.69) is 10.6 Å². The fraction of sp³-hybridized carbons (Fsp3) is 0.188. The average Bonchev–Trinajstić information content (AvgIpc) is 3.21. The lowest BCUT2D eigenvalue weighted by Crippen LogP contribution is -2.31. The molecule has 2 amide bonds. The van der Waals surface area contributed by atoms with Crippen LogP contribution in [0.2, 0.25) is 10.0 Å². The second-order valence-corrected chi connectivity index (χ2v) is 6.15. The molecule has 120 valence electrons. The van der Waals surface area contributed by atoms with Crippen molar-refractivity contribution in [2.24, 2.45) is 0 Å². The van der Waals surface area contributed by atoms with Gasteiger partial charge < -0.3 is 10.6 Å². The molecule has 1 saturated carbocycles. The van der Waals surface area contributed by atoms with E-state index in [1.807, 2.05) is 0 Å². The Labute approximate surface area is 141 Å². The quantitative estimate of drug-likeness (QED) is 0.802. The minimum atomic E-state index is -0.599. The molecule has 0 unspecified atom stereocenters. The van der Waals surface area contributed by atoms with Crippen LogP contribution in [0.15, 0.2) is 36.4 Å². The van der Waals surface area contributed by atoms with Crippen LogP contribution in [0.5, 0.6) is 0 Å². The minimum absolute atomic E-state index is 0.0126. The van der Waals surface area contributed by atoms with Gasteiger partial charge in [-0.1, -0.05) is 29.3 Å². The fourth-order valence-corrected chi connectivity index (χ4v) is 2.80. The maximum Gasteiger partial charge on any atom is 0.319 e. The minimum Gasteiger partial charge on any atom is -0.334 e. The number of carbonyl (C=O) groups excluding carboxylic acids is 1. The standard InChI is InChI=1S/C16H12Cl2F2N2O/c17-8-4-5-10(18)14(6-8)22-16(23)21-13-7-9(13)15-11(19)2-1-3-12(15)20/h1-6,9,13H,7H2,(H2,21,22,23)/t9-,13+/m0/s1. The molecule has 0 radical (unpaired) electrons. The molecule has 2 atom stereocenters. The second-order valence-electron chi connectivity index (χ2n) is 5.31. The summed E-state index contributed by atoms with van der Waals surface area (Å²) in [6.45, 7) is 0. The molecule has 2 aromatic carbocycles. The highest BCUT2D eigenvalue weighted by Crippen LogP contribution is 2.43. The highest BCUT2D eigenvalue weighted by atomic mass is 35.5. The van der Waals surface area contributed by atoms with Crippen LogP contribution in [0.3, 0.4) is 0 Å². The topological polar surface area (TPSA) is 41.1 Å². The first-order valence-electron chi connectivity index (χ1n) is 6.92. The molecule has 0 aromatic heterocycles. The van der Waals surface area contributed by atoms with Crippen molar-refractivity contribution in [2.45, 2.75) is 18.4 Å². The van der Waals surface area contributed by atoms with Crippen LogP contribution in [0.1, 0.15) is 17.9 Å². The first-order valence-corrected chi connectivity index (χ1v) is 7.68. The second kappa shape index (κ2) is 6.34. The van der Waals surface area contributed by atoms with Crippen molar-refractivity contribution in [3.05, 3.63) is 63.6 Å². The molecule has 3 rings (SSSR count). The number of nitrogens with one attached hydrogen (secondary N) is 2. The summed E-state index contributed by atoms with van der Waals surface area (Å²) >= 11 is 11.8. The maximum atomic E-state index is 13.7. The number of halogens is 4. The monoisotopic (exact) mass is 356 g/mol. The maximum absolute atomic E-state index is 13.7. The smallest absolute Gasteiger partial charge is 0.319 e. The number of hydrogen-bond donors (Lipinski definition) is 2. The molecule has 23 heavy (non-hydrogen) atoms. The molecule has 1 aliphatic carbocycles. The Morgan fingerprint density at radius 1 is 1.13 bits per heavy atom. The Kier molecular flexibility index (Phi) is 4.41. The Morgan fingerprint density at radius 2 is 1.83 bits per heavy atom. The Balaban J connectivity index is 1.63. The van der Waals surface area contributed by atoms with Crippen molar-refractivity contribution in [3.8, 4) is 0 Å². The zero-order valence-corrected chi connectivity index (χ0v) is 13.3. The molecule has 1 fully saturated rings. The summed E-state index contributed by atoms with van der Waals surface area (Å²) < 4.78 is 27.4. The van der Waals surface area contributed by atoms with E-state index in [1.54, 1.807) is 12.1 Å². The van der Waals surface area contributed by atoms with E-state index >= 15 is 0 Å². The molecule has 0 bridgehead atoms. The molecule has 7 heteroatoms. The van der Waals surface area contributed by atoms with Crippen LogP contribution >= 0.6 is 23.2 Å². The number of rotatable bonds is 3. The van der Waals surface area contributed by atoms with Gasteiger partial charge in [0.25, 0.3) is 0 Å². The average molecular weight is 357 g/mol. The van der Waals surface area contributed by atoms with E-state index in [-0.39, 0.29) is 17.5 Å². The van der Waals surface area contributed by atoms with E-state index in [0.29, 0.717) is 22.2 Å². The summed E-state index contributed by atoms with van der Waals surface area (Å²) in [5.74, 6) is -1.56. The molecule has 0 heterocycles. The number of urea groups is 1. The van der Waals surface area contributed by atoms with Crippen LogP contribution in [-0.4, -0.2) is 12.1 Å². The summed E-state index contributed by atoms with van der Waals surface area (Å²) in [5, 5.41) is 6.01. The van der Waals surface area contributed by atoms with Crippen molar-refractivity contribution in [2.75, 3.05) is 5.32 Å². The number of anilines is 1. The summed E-state index contributed by atoms with van der Waals surface area (Å²) in [5.41, 5.74) is 0.379. The van der Waals surface area contributed by atoms with Gasteiger partial charge >= 0.3 is 6.03 Å². The largest absolute Gasteiger partial charge is 0.334 e. The van der Waals surface area contributed by atoms with Gasteiger partial charge in [-0.05, 0) is 36.8 Å². The molecule has 1 aliphatic rings. The van der Waals surface area contributed by atoms with Gasteiger partial charge in [0.15, 0.2) is 0 Å². The Hall–Kier alpha value is -1.85. The van der Waals surface area contributed by atoms with Crippen LogP contribution in [-0.2, 0) is 0 Å². The molecule has 2 aromatic rings. The summed E-state index contributed by atoms with van der Waals surface area (Å²) in [7, 11) is 0. The van der Waals surface area contributed by atoms with Crippen LogP contribution < -0.4 is 10.6 Å². The number of benzene rings is 2. The van der Waals surface area contributed by atoms with E-state index in [9.17, 15) is 13.6 Å². The van der Waals surface area contributed by atoms with Gasteiger partial charge in [0.2, 0.25) is 0 Å². The molecular formula is C16H12Cl2F2N2O. The SMILES string of the molecule is O=C(Nc1cc(Cl)ccc1Cl)N[C@@H]1C[C@@H]1c1c(F)cccc1F. The van der Waals surface area contributed by atoms with E-state index in [0.717, 1.165) is 0 Å². The number of amides is 2. The zero-order chi connectivity index (χ0) is 16.6. The van der Waals surface area contributed by atoms with Gasteiger partial charge in [-0.2, -0.15) is 0 Å². The van der Waals surface area contributed by atoms with E-state index in [4.69, 9.17) is 23.2 Å². The third kappa shape index (κ3) is 3.57. The molecular weight excluding hydrogens is 345 g/mol. The third-order valence-corrected chi connectivity index (χ3v) is 4.22. The van der Waals surface area contributed by atoms with Crippen molar-refractivity contribution in [3.63, 3.8) is 0 Å². The number of carbonyl (C=O) groups is 1. The summed E-state index contributed by atoms with van der Waals surface area (Å²) in [6, 6.07) is 7.59. The molecule has 0 saturated heterocycles. The first kappa shape index (κ1) is 16.0. The molecule has 3 nitrogen and oxygen atoms in total. The Bertz CT molecular complexity index is 749. The van der Waals surface area contributed by atoms with Crippen molar-refractivity contribution < 1.29 is 13.6 Å². The summed E-state index contributed by atoms with van der Waals surface area (Å²) in [4.78, 5) is 12.0. The van der Waals surface area contributed by atoms with Gasteiger partial charge in [-0.25, -0.2) is 13.6 Å². The van der Waals surface area contributed by atoms with Gasteiger partial charge in [-0.15, -0.1) is 0 Å². The van der Waals surface area contributed by atoms with Crippen LogP contribution in [0, 0.1) is 11.6 Å². The van der Waals surface area contributed by atoms with Crippen molar-refractivity contribution >= 4 is 34.9 Å².